The van der Waals surface area contributed by atoms with E-state index in [2.05, 4.69) is 5.01 Å². The molecule has 0 saturated carbocycles. The number of piperidine rings is 2. The molecule has 2 N–H and O–H groups in total. The summed E-state index contributed by atoms with van der Waals surface area (Å²) in [5.41, 5.74) is 2.81. The van der Waals surface area contributed by atoms with Gasteiger partial charge in [0.1, 0.15) is 17.3 Å². The summed E-state index contributed by atoms with van der Waals surface area (Å²) in [6, 6.07) is 12.8. The number of aromatic carboxylic acids is 1. The van der Waals surface area contributed by atoms with Crippen LogP contribution in [-0.4, -0.2) is 56.9 Å². The minimum atomic E-state index is -0.991. The van der Waals surface area contributed by atoms with E-state index in [9.17, 15) is 15.0 Å². The van der Waals surface area contributed by atoms with Gasteiger partial charge in [-0.25, -0.2) is 14.4 Å². The van der Waals surface area contributed by atoms with Crippen molar-refractivity contribution in [2.45, 2.75) is 45.1 Å². The summed E-state index contributed by atoms with van der Waals surface area (Å²) in [5.74, 6) is -1.09. The molecule has 178 valence electrons. The van der Waals surface area contributed by atoms with Gasteiger partial charge in [0.25, 0.3) is 0 Å². The molecule has 34 heavy (non-hydrogen) atoms. The molecule has 2 aromatic carbocycles. The highest BCUT2D eigenvalue weighted by Crippen LogP contribution is 2.39. The Balaban J connectivity index is 1.76. The van der Waals surface area contributed by atoms with Crippen LogP contribution in [0.25, 0.3) is 22.2 Å². The van der Waals surface area contributed by atoms with Crippen molar-refractivity contribution >= 4 is 28.5 Å². The standard InChI is InChI=1S/C27H30ClN3O3/c28-24-22(32)13-12-20-23(27(33)34)21(25(29-26(20)24)19-10-4-1-5-11-19)18-31(16-8-3-9-17-31)30-14-6-2-7-15-30/h1,4-5,10-13H,2-3,6-9,14-18H2,(H-,29,32,33,34)/p+1. The number of halogens is 1. The third kappa shape index (κ3) is 4.15. The first-order valence-corrected chi connectivity index (χ1v) is 12.6. The van der Waals surface area contributed by atoms with Crippen molar-refractivity contribution < 1.29 is 19.6 Å². The first-order valence-electron chi connectivity index (χ1n) is 12.2. The first-order chi connectivity index (χ1) is 16.5. The maximum absolute atomic E-state index is 12.8. The molecule has 0 bridgehead atoms. The molecule has 0 unspecified atom stereocenters. The molecule has 0 aliphatic carbocycles. The van der Waals surface area contributed by atoms with Gasteiger partial charge in [-0.1, -0.05) is 48.4 Å². The number of likely N-dealkylation sites (tertiary alicyclic amines) is 1. The minimum Gasteiger partial charge on any atom is -0.506 e. The van der Waals surface area contributed by atoms with Gasteiger partial charge in [0.05, 0.1) is 29.9 Å². The number of pyridine rings is 1. The highest BCUT2D eigenvalue weighted by atomic mass is 35.5. The average molecular weight is 481 g/mol. The predicted octanol–water partition coefficient (Wildman–Crippen LogP) is 5.86. The summed E-state index contributed by atoms with van der Waals surface area (Å²) >= 11 is 6.44. The van der Waals surface area contributed by atoms with Gasteiger partial charge in [0.2, 0.25) is 0 Å². The molecule has 6 nitrogen and oxygen atoms in total. The Kier molecular flexibility index (Phi) is 6.47. The van der Waals surface area contributed by atoms with Gasteiger partial charge < -0.3 is 10.2 Å². The molecule has 2 saturated heterocycles. The summed E-state index contributed by atoms with van der Waals surface area (Å²) in [4.78, 5) is 17.7. The molecule has 3 heterocycles. The van der Waals surface area contributed by atoms with Gasteiger partial charge in [0, 0.05) is 29.6 Å². The van der Waals surface area contributed by atoms with E-state index in [1.165, 1.54) is 31.7 Å². The van der Waals surface area contributed by atoms with Crippen LogP contribution in [0.5, 0.6) is 5.75 Å². The molecule has 2 aliphatic rings. The van der Waals surface area contributed by atoms with Crippen LogP contribution >= 0.6 is 11.6 Å². The Morgan fingerprint density at radius 3 is 2.32 bits per heavy atom. The fourth-order valence-electron chi connectivity index (χ4n) is 5.80. The van der Waals surface area contributed by atoms with Gasteiger partial charge in [-0.05, 0) is 44.2 Å². The second kappa shape index (κ2) is 9.53. The topological polar surface area (TPSA) is 73.7 Å². The lowest BCUT2D eigenvalue weighted by Gasteiger charge is -2.49. The number of carbonyl (C=O) groups is 1. The zero-order valence-electron chi connectivity index (χ0n) is 19.3. The maximum atomic E-state index is 12.8. The number of nitrogens with zero attached hydrogens (tertiary/aromatic N) is 3. The van der Waals surface area contributed by atoms with E-state index in [4.69, 9.17) is 16.6 Å². The Morgan fingerprint density at radius 1 is 0.971 bits per heavy atom. The molecule has 2 fully saturated rings. The summed E-state index contributed by atoms with van der Waals surface area (Å²) in [5, 5.41) is 23.8. The lowest BCUT2D eigenvalue weighted by molar-refractivity contribution is -1.05. The second-order valence-corrected chi connectivity index (χ2v) is 9.93. The van der Waals surface area contributed by atoms with Crippen molar-refractivity contribution in [1.29, 1.82) is 0 Å². The normalized spacial score (nSPS) is 18.7. The first kappa shape index (κ1) is 23.1. The predicted molar refractivity (Wildman–Crippen MR) is 134 cm³/mol. The Labute approximate surface area is 205 Å². The van der Waals surface area contributed by atoms with E-state index in [1.807, 2.05) is 30.3 Å². The third-order valence-electron chi connectivity index (χ3n) is 7.47. The molecule has 0 spiro atoms. The fourth-order valence-corrected chi connectivity index (χ4v) is 6.00. The van der Waals surface area contributed by atoms with Crippen LogP contribution in [0, 0.1) is 0 Å². The second-order valence-electron chi connectivity index (χ2n) is 9.56. The fraction of sp³-hybridized carbons (Fsp3) is 0.407. The summed E-state index contributed by atoms with van der Waals surface area (Å²) in [6.07, 6.45) is 7.12. The molecule has 3 aromatic rings. The number of rotatable bonds is 5. The lowest BCUT2D eigenvalue weighted by Crippen LogP contribution is -2.63. The van der Waals surface area contributed by atoms with Crippen molar-refractivity contribution in [3.05, 3.63) is 58.6 Å². The number of fused-ring (bicyclic) bond motifs is 1. The molecule has 7 heteroatoms. The van der Waals surface area contributed by atoms with Gasteiger partial charge in [-0.15, -0.1) is 0 Å². The van der Waals surface area contributed by atoms with E-state index in [-0.39, 0.29) is 16.3 Å². The van der Waals surface area contributed by atoms with E-state index >= 15 is 0 Å². The van der Waals surface area contributed by atoms with Crippen LogP contribution in [0.15, 0.2) is 42.5 Å². The molecule has 0 atom stereocenters. The number of carboxylic acids is 1. The zero-order chi connectivity index (χ0) is 23.7. The molecule has 5 rings (SSSR count). The molecular formula is C27H31ClN3O3+. The monoisotopic (exact) mass is 480 g/mol. The molecule has 0 radical (unpaired) electrons. The van der Waals surface area contributed by atoms with Crippen LogP contribution in [0.4, 0.5) is 0 Å². The number of carboxylic acid groups (broad SMARTS) is 1. The smallest absolute Gasteiger partial charge is 0.336 e. The SMILES string of the molecule is O=C(O)c1c(C[N+]2(N3CCCCC3)CCCCC2)c(-c2ccccc2)nc2c(Cl)c(O)ccc12. The van der Waals surface area contributed by atoms with Crippen molar-refractivity contribution in [3.63, 3.8) is 0 Å². The van der Waals surface area contributed by atoms with Crippen molar-refractivity contribution in [2.24, 2.45) is 0 Å². The molecule has 1 aromatic heterocycles. The van der Waals surface area contributed by atoms with E-state index in [0.29, 0.717) is 23.1 Å². The number of phenols is 1. The largest absolute Gasteiger partial charge is 0.506 e. The Morgan fingerprint density at radius 2 is 1.65 bits per heavy atom. The number of hydrogen-bond donors (Lipinski definition) is 2. The van der Waals surface area contributed by atoms with Crippen molar-refractivity contribution in [2.75, 3.05) is 26.2 Å². The zero-order valence-corrected chi connectivity index (χ0v) is 20.1. The number of benzene rings is 2. The number of hydrogen-bond acceptors (Lipinski definition) is 4. The van der Waals surface area contributed by atoms with E-state index in [1.54, 1.807) is 6.07 Å². The van der Waals surface area contributed by atoms with Gasteiger partial charge in [0.15, 0.2) is 0 Å². The number of aromatic nitrogens is 1. The van der Waals surface area contributed by atoms with Crippen LogP contribution in [0.2, 0.25) is 5.02 Å². The Hall–Kier alpha value is -2.67. The van der Waals surface area contributed by atoms with Gasteiger partial charge in [-0.2, -0.15) is 5.01 Å². The van der Waals surface area contributed by atoms with Crippen LogP contribution in [0.1, 0.15) is 54.4 Å². The van der Waals surface area contributed by atoms with Crippen LogP contribution in [-0.2, 0) is 6.54 Å². The van der Waals surface area contributed by atoms with Gasteiger partial charge >= 0.3 is 5.97 Å². The molecule has 2 aliphatic heterocycles. The number of phenolic OH excluding ortho intramolecular Hbond substituents is 1. The minimum absolute atomic E-state index is 0.0848. The summed E-state index contributed by atoms with van der Waals surface area (Å²) < 4.78 is 0.791. The summed E-state index contributed by atoms with van der Waals surface area (Å²) in [6.45, 7) is 4.71. The summed E-state index contributed by atoms with van der Waals surface area (Å²) in [7, 11) is 0. The maximum Gasteiger partial charge on any atom is 0.336 e. The highest BCUT2D eigenvalue weighted by Gasteiger charge is 2.40. The third-order valence-corrected chi connectivity index (χ3v) is 7.84. The lowest BCUT2D eigenvalue weighted by atomic mass is 9.94. The Bertz CT molecular complexity index is 1200. The quantitative estimate of drug-likeness (QED) is 0.447. The van der Waals surface area contributed by atoms with Crippen LogP contribution in [0.3, 0.4) is 0 Å². The van der Waals surface area contributed by atoms with Crippen molar-refractivity contribution in [1.82, 2.24) is 9.99 Å². The van der Waals surface area contributed by atoms with Crippen molar-refractivity contribution in [3.8, 4) is 17.0 Å². The van der Waals surface area contributed by atoms with E-state index < -0.39 is 5.97 Å². The number of aromatic hydroxyl groups is 1. The molecule has 0 amide bonds. The van der Waals surface area contributed by atoms with Crippen LogP contribution < -0.4 is 0 Å². The molecular weight excluding hydrogens is 450 g/mol. The average Bonchev–Trinajstić information content (AvgIpc) is 2.87. The van der Waals surface area contributed by atoms with E-state index in [0.717, 1.165) is 54.7 Å². The van der Waals surface area contributed by atoms with Gasteiger partial charge in [-0.3, -0.25) is 0 Å². The number of quaternary nitrogens is 1. The highest BCUT2D eigenvalue weighted by molar-refractivity contribution is 6.37.